The summed E-state index contributed by atoms with van der Waals surface area (Å²) >= 11 is 0. The van der Waals surface area contributed by atoms with Gasteiger partial charge >= 0.3 is 6.09 Å². The highest BCUT2D eigenvalue weighted by Gasteiger charge is 2.26. The lowest BCUT2D eigenvalue weighted by atomic mass is 9.96. The monoisotopic (exact) mass is 433 g/mol. The highest BCUT2D eigenvalue weighted by atomic mass is 16.6. The summed E-state index contributed by atoms with van der Waals surface area (Å²) in [6, 6.07) is 14.9. The van der Waals surface area contributed by atoms with Crippen LogP contribution in [-0.4, -0.2) is 32.4 Å². The largest absolute Gasteiger partial charge is 0.464 e. The molecular weight excluding hydrogens is 414 g/mol. The molecule has 1 N–H and O–H groups in total. The minimum absolute atomic E-state index is 0.123. The quantitative estimate of drug-likeness (QED) is 0.373. The number of fused-ring (bicyclic) bond motifs is 1. The van der Waals surface area contributed by atoms with E-state index < -0.39 is 17.1 Å². The van der Waals surface area contributed by atoms with Gasteiger partial charge in [0, 0.05) is 49.6 Å². The van der Waals surface area contributed by atoms with Crippen molar-refractivity contribution in [3.8, 4) is 11.3 Å². The molecule has 4 rings (SSSR count). The van der Waals surface area contributed by atoms with Crippen molar-refractivity contribution in [3.63, 3.8) is 0 Å². The maximum atomic E-state index is 12.9. The number of pyridine rings is 1. The van der Waals surface area contributed by atoms with E-state index in [2.05, 4.69) is 0 Å². The number of benzene rings is 2. The summed E-state index contributed by atoms with van der Waals surface area (Å²) < 4.78 is 8.13. The van der Waals surface area contributed by atoms with E-state index in [4.69, 9.17) is 4.74 Å². The van der Waals surface area contributed by atoms with Gasteiger partial charge in [-0.1, -0.05) is 30.3 Å². The average molecular weight is 433 g/mol. The molecule has 0 radical (unpaired) electrons. The zero-order valence-electron chi connectivity index (χ0n) is 17.3. The van der Waals surface area contributed by atoms with Crippen LogP contribution in [0.1, 0.15) is 17.2 Å². The van der Waals surface area contributed by atoms with Gasteiger partial charge in [-0.25, -0.2) is 4.79 Å². The van der Waals surface area contributed by atoms with Gasteiger partial charge < -0.3 is 14.4 Å². The smallest absolute Gasteiger partial charge is 0.416 e. The predicted molar refractivity (Wildman–Crippen MR) is 118 cm³/mol. The van der Waals surface area contributed by atoms with Crippen molar-refractivity contribution in [3.05, 3.63) is 98.6 Å². The Morgan fingerprint density at radius 1 is 1.09 bits per heavy atom. The number of hydrogen-bond donors (Lipinski definition) is 1. The molecule has 1 unspecified atom stereocenters. The second kappa shape index (κ2) is 8.12. The first kappa shape index (κ1) is 21.0. The summed E-state index contributed by atoms with van der Waals surface area (Å²) in [5.74, 6) is 0. The van der Waals surface area contributed by atoms with Crippen LogP contribution in [0.3, 0.4) is 0 Å². The molecule has 2 aromatic heterocycles. The lowest BCUT2D eigenvalue weighted by molar-refractivity contribution is -0.384. The fourth-order valence-electron chi connectivity index (χ4n) is 3.93. The van der Waals surface area contributed by atoms with E-state index in [1.807, 2.05) is 30.3 Å². The van der Waals surface area contributed by atoms with Crippen LogP contribution >= 0.6 is 0 Å². The van der Waals surface area contributed by atoms with E-state index in [-0.39, 0.29) is 22.3 Å². The third-order valence-electron chi connectivity index (χ3n) is 5.36. The number of carbonyl (C=O) groups is 1. The second-order valence-electron chi connectivity index (χ2n) is 7.25. The normalized spacial score (nSPS) is 12.1. The van der Waals surface area contributed by atoms with Gasteiger partial charge in [-0.15, -0.1) is 0 Å². The third-order valence-corrected chi connectivity index (χ3v) is 5.36. The van der Waals surface area contributed by atoms with Gasteiger partial charge in [0.15, 0.2) is 0 Å². The Kier molecular flexibility index (Phi) is 5.33. The topological polar surface area (TPSA) is 117 Å². The van der Waals surface area contributed by atoms with Crippen LogP contribution in [0.5, 0.6) is 0 Å². The van der Waals surface area contributed by atoms with Crippen molar-refractivity contribution >= 4 is 22.6 Å². The molecule has 32 heavy (non-hydrogen) atoms. The number of non-ortho nitro benzene ring substituents is 1. The van der Waals surface area contributed by atoms with Crippen molar-refractivity contribution in [1.29, 1.82) is 0 Å². The molecule has 0 saturated carbocycles. The molecule has 9 heteroatoms. The van der Waals surface area contributed by atoms with Crippen LogP contribution in [0.15, 0.2) is 71.8 Å². The van der Waals surface area contributed by atoms with Gasteiger partial charge in [0.05, 0.1) is 16.0 Å². The van der Waals surface area contributed by atoms with Crippen LogP contribution in [0.25, 0.3) is 22.0 Å². The molecule has 0 aliphatic carbocycles. The second-order valence-corrected chi connectivity index (χ2v) is 7.25. The summed E-state index contributed by atoms with van der Waals surface area (Å²) in [6.07, 6.45) is 1.05. The molecule has 2 heterocycles. The van der Waals surface area contributed by atoms with Crippen LogP contribution in [0, 0.1) is 10.1 Å². The number of aromatic nitrogens is 2. The van der Waals surface area contributed by atoms with E-state index in [0.29, 0.717) is 16.5 Å². The van der Waals surface area contributed by atoms with Crippen LogP contribution in [0.4, 0.5) is 10.5 Å². The summed E-state index contributed by atoms with van der Waals surface area (Å²) in [5.41, 5.74) is 1.60. The van der Waals surface area contributed by atoms with E-state index in [1.165, 1.54) is 42.1 Å². The first-order valence-electron chi connectivity index (χ1n) is 9.64. The molecule has 0 aliphatic heterocycles. The number of methoxy groups -OCH3 is 1. The lowest BCUT2D eigenvalue weighted by Gasteiger charge is -2.19. The highest BCUT2D eigenvalue weighted by molar-refractivity contribution is 6.02. The Morgan fingerprint density at radius 3 is 2.31 bits per heavy atom. The first-order chi connectivity index (χ1) is 15.3. The van der Waals surface area contributed by atoms with Gasteiger partial charge in [-0.2, -0.15) is 0 Å². The average Bonchev–Trinajstić information content (AvgIpc) is 3.20. The molecule has 2 aromatic carbocycles. The zero-order chi connectivity index (χ0) is 23.0. The number of hydrogen-bond acceptors (Lipinski definition) is 5. The number of carboxylic acid groups (broad SMARTS) is 1. The maximum Gasteiger partial charge on any atom is 0.416 e. The molecule has 0 bridgehead atoms. The van der Waals surface area contributed by atoms with E-state index in [0.717, 1.165) is 10.1 Å². The van der Waals surface area contributed by atoms with Gasteiger partial charge in [-0.05, 0) is 23.3 Å². The summed E-state index contributed by atoms with van der Waals surface area (Å²) in [4.78, 5) is 35.5. The SMILES string of the molecule is COC(c1ccccc1)c1cn(C)c(=O)c2cn(C(=O)O)c(-c3ccc([N+](=O)[O-])cc3)c12. The number of nitro groups is 1. The van der Waals surface area contributed by atoms with Crippen LogP contribution < -0.4 is 5.56 Å². The molecule has 0 saturated heterocycles. The number of nitro benzene ring substituents is 1. The molecule has 4 aromatic rings. The standard InChI is InChI=1S/C23H19N3O6/c1-24-12-17(21(32-2)15-6-4-3-5-7-15)19-18(22(24)27)13-25(23(28)29)20(19)14-8-10-16(11-9-14)26(30)31/h3-13,21H,1-2H3,(H,28,29). The van der Waals surface area contributed by atoms with E-state index in [9.17, 15) is 24.8 Å². The number of aryl methyl sites for hydroxylation is 1. The molecule has 1 atom stereocenters. The summed E-state index contributed by atoms with van der Waals surface area (Å²) in [6.45, 7) is 0. The first-order valence-corrected chi connectivity index (χ1v) is 9.64. The molecule has 0 fully saturated rings. The Balaban J connectivity index is 2.10. The Labute approximate surface area is 181 Å². The third kappa shape index (κ3) is 3.44. The number of ether oxygens (including phenoxy) is 1. The van der Waals surface area contributed by atoms with Crippen molar-refractivity contribution in [1.82, 2.24) is 9.13 Å². The lowest BCUT2D eigenvalue weighted by Crippen LogP contribution is -2.18. The number of nitrogens with zero attached hydrogens (tertiary/aromatic N) is 3. The van der Waals surface area contributed by atoms with Crippen molar-refractivity contribution in [2.24, 2.45) is 7.05 Å². The van der Waals surface area contributed by atoms with Gasteiger partial charge in [0.1, 0.15) is 6.10 Å². The van der Waals surface area contributed by atoms with Gasteiger partial charge in [0.25, 0.3) is 11.2 Å². The minimum Gasteiger partial charge on any atom is -0.464 e. The van der Waals surface area contributed by atoms with Crippen molar-refractivity contribution < 1.29 is 19.6 Å². The molecule has 0 amide bonds. The summed E-state index contributed by atoms with van der Waals surface area (Å²) in [5, 5.41) is 21.5. The molecule has 162 valence electrons. The fourth-order valence-corrected chi connectivity index (χ4v) is 3.93. The van der Waals surface area contributed by atoms with Crippen molar-refractivity contribution in [2.45, 2.75) is 6.10 Å². The fraction of sp³-hybridized carbons (Fsp3) is 0.130. The van der Waals surface area contributed by atoms with Crippen LogP contribution in [0.2, 0.25) is 0 Å². The maximum absolute atomic E-state index is 12.9. The number of rotatable bonds is 5. The minimum atomic E-state index is -1.28. The van der Waals surface area contributed by atoms with Crippen LogP contribution in [-0.2, 0) is 11.8 Å². The molecule has 9 nitrogen and oxygen atoms in total. The Morgan fingerprint density at radius 2 is 1.75 bits per heavy atom. The molecular formula is C23H19N3O6. The Hall–Kier alpha value is -4.24. The predicted octanol–water partition coefficient (Wildman–Crippen LogP) is 4.18. The summed E-state index contributed by atoms with van der Waals surface area (Å²) in [7, 11) is 3.13. The Bertz CT molecular complexity index is 1390. The van der Waals surface area contributed by atoms with Gasteiger partial charge in [0.2, 0.25) is 0 Å². The van der Waals surface area contributed by atoms with Gasteiger partial charge in [-0.3, -0.25) is 19.5 Å². The van der Waals surface area contributed by atoms with Crippen molar-refractivity contribution in [2.75, 3.05) is 7.11 Å². The van der Waals surface area contributed by atoms with E-state index in [1.54, 1.807) is 13.2 Å². The molecule has 0 aliphatic rings. The highest BCUT2D eigenvalue weighted by Crippen LogP contribution is 2.37. The zero-order valence-corrected chi connectivity index (χ0v) is 17.3. The molecule has 0 spiro atoms. The van der Waals surface area contributed by atoms with E-state index >= 15 is 0 Å².